The molecule has 0 radical (unpaired) electrons. The van der Waals surface area contributed by atoms with Crippen molar-refractivity contribution in [1.82, 2.24) is 19.4 Å². The normalized spacial score (nSPS) is 15.7. The zero-order chi connectivity index (χ0) is 16.0. The van der Waals surface area contributed by atoms with E-state index in [0.717, 1.165) is 35.7 Å². The van der Waals surface area contributed by atoms with Gasteiger partial charge in [-0.05, 0) is 31.3 Å². The second-order valence-electron chi connectivity index (χ2n) is 6.20. The first-order valence-electron chi connectivity index (χ1n) is 7.74. The number of fused-ring (bicyclic) bond motifs is 1. The largest absolute Gasteiger partial charge is 0.305 e. The van der Waals surface area contributed by atoms with Crippen molar-refractivity contribution in [2.24, 2.45) is 7.05 Å². The third kappa shape index (κ3) is 2.33. The van der Waals surface area contributed by atoms with Crippen molar-refractivity contribution in [3.05, 3.63) is 58.8 Å². The highest BCUT2D eigenvalue weighted by molar-refractivity contribution is 5.83. The van der Waals surface area contributed by atoms with E-state index in [9.17, 15) is 4.79 Å². The number of rotatable bonds is 2. The second kappa shape index (κ2) is 5.28. The maximum absolute atomic E-state index is 12.6. The summed E-state index contributed by atoms with van der Waals surface area (Å²) in [5, 5.41) is 0.656. The van der Waals surface area contributed by atoms with Gasteiger partial charge >= 0.3 is 0 Å². The SMILES string of the molecule is CN1CC(c2nc3cc(-c4ccccn4)ccc3c(=O)n2C)C1. The van der Waals surface area contributed by atoms with Crippen LogP contribution in [-0.4, -0.2) is 39.6 Å². The topological polar surface area (TPSA) is 51.0 Å². The maximum atomic E-state index is 12.6. The van der Waals surface area contributed by atoms with Crippen molar-refractivity contribution in [3.8, 4) is 11.3 Å². The van der Waals surface area contributed by atoms with Crippen LogP contribution in [0.1, 0.15) is 11.7 Å². The molecule has 1 aromatic carbocycles. The number of hydrogen-bond donors (Lipinski definition) is 0. The average molecular weight is 306 g/mol. The number of hydrogen-bond acceptors (Lipinski definition) is 4. The van der Waals surface area contributed by atoms with Crippen molar-refractivity contribution in [2.45, 2.75) is 5.92 Å². The zero-order valence-electron chi connectivity index (χ0n) is 13.2. The zero-order valence-corrected chi connectivity index (χ0v) is 13.2. The number of likely N-dealkylation sites (N-methyl/N-ethyl adjacent to an activating group) is 1. The first kappa shape index (κ1) is 14.1. The molecule has 3 heterocycles. The Labute approximate surface area is 134 Å². The van der Waals surface area contributed by atoms with Gasteiger partial charge in [0.2, 0.25) is 0 Å². The van der Waals surface area contributed by atoms with Gasteiger partial charge in [-0.2, -0.15) is 0 Å². The monoisotopic (exact) mass is 306 g/mol. The number of nitrogens with zero attached hydrogens (tertiary/aromatic N) is 4. The third-order valence-corrected chi connectivity index (χ3v) is 4.50. The summed E-state index contributed by atoms with van der Waals surface area (Å²) in [5.41, 5.74) is 2.64. The van der Waals surface area contributed by atoms with Crippen LogP contribution in [0, 0.1) is 0 Å². The Morgan fingerprint density at radius 2 is 1.96 bits per heavy atom. The van der Waals surface area contributed by atoms with Gasteiger partial charge < -0.3 is 4.90 Å². The van der Waals surface area contributed by atoms with Gasteiger partial charge in [-0.25, -0.2) is 4.98 Å². The molecule has 23 heavy (non-hydrogen) atoms. The molecule has 0 saturated carbocycles. The summed E-state index contributed by atoms with van der Waals surface area (Å²) in [7, 11) is 3.89. The molecule has 2 aromatic heterocycles. The van der Waals surface area contributed by atoms with E-state index in [0.29, 0.717) is 11.3 Å². The Kier molecular flexibility index (Phi) is 3.23. The summed E-state index contributed by atoms with van der Waals surface area (Å²) < 4.78 is 1.69. The Hall–Kier alpha value is -2.53. The van der Waals surface area contributed by atoms with Crippen molar-refractivity contribution in [2.75, 3.05) is 20.1 Å². The van der Waals surface area contributed by atoms with Crippen LogP contribution in [0.2, 0.25) is 0 Å². The van der Waals surface area contributed by atoms with Crippen LogP contribution in [0.4, 0.5) is 0 Å². The summed E-state index contributed by atoms with van der Waals surface area (Å²) in [6, 6.07) is 11.6. The van der Waals surface area contributed by atoms with Gasteiger partial charge in [0.05, 0.1) is 16.6 Å². The smallest absolute Gasteiger partial charge is 0.261 e. The highest BCUT2D eigenvalue weighted by Gasteiger charge is 2.28. The van der Waals surface area contributed by atoms with E-state index < -0.39 is 0 Å². The summed E-state index contributed by atoms with van der Waals surface area (Å²) >= 11 is 0. The standard InChI is InChI=1S/C18H18N4O/c1-21-10-13(11-21)17-20-16-9-12(15-5-3-4-8-19-15)6-7-14(16)18(23)22(17)2/h3-9,13H,10-11H2,1-2H3. The Morgan fingerprint density at radius 1 is 1.13 bits per heavy atom. The molecule has 1 saturated heterocycles. The Morgan fingerprint density at radius 3 is 2.65 bits per heavy atom. The molecule has 116 valence electrons. The van der Waals surface area contributed by atoms with E-state index in [2.05, 4.69) is 16.9 Å². The molecule has 0 unspecified atom stereocenters. The maximum Gasteiger partial charge on any atom is 0.261 e. The molecule has 4 rings (SSSR count). The van der Waals surface area contributed by atoms with E-state index in [-0.39, 0.29) is 5.56 Å². The van der Waals surface area contributed by atoms with Crippen LogP contribution < -0.4 is 5.56 Å². The Balaban J connectivity index is 1.87. The van der Waals surface area contributed by atoms with Gasteiger partial charge in [0.15, 0.2) is 0 Å². The lowest BCUT2D eigenvalue weighted by molar-refractivity contribution is 0.180. The van der Waals surface area contributed by atoms with Gasteiger partial charge in [0.25, 0.3) is 5.56 Å². The van der Waals surface area contributed by atoms with Gasteiger partial charge in [-0.15, -0.1) is 0 Å². The summed E-state index contributed by atoms with van der Waals surface area (Å²) in [6.07, 6.45) is 1.77. The minimum Gasteiger partial charge on any atom is -0.305 e. The second-order valence-corrected chi connectivity index (χ2v) is 6.20. The molecule has 5 nitrogen and oxygen atoms in total. The predicted octanol–water partition coefficient (Wildman–Crippen LogP) is 2.02. The molecule has 3 aromatic rings. The molecular weight excluding hydrogens is 288 g/mol. The van der Waals surface area contributed by atoms with Crippen LogP contribution in [0.15, 0.2) is 47.4 Å². The third-order valence-electron chi connectivity index (χ3n) is 4.50. The van der Waals surface area contributed by atoms with E-state index in [4.69, 9.17) is 4.98 Å². The molecule has 1 aliphatic heterocycles. The fraction of sp³-hybridized carbons (Fsp3) is 0.278. The molecule has 0 atom stereocenters. The Bertz CT molecular complexity index is 927. The van der Waals surface area contributed by atoms with Gasteiger partial charge in [0.1, 0.15) is 5.82 Å². The molecule has 0 aliphatic carbocycles. The van der Waals surface area contributed by atoms with Gasteiger partial charge in [-0.1, -0.05) is 12.1 Å². The number of likely N-dealkylation sites (tertiary alicyclic amines) is 1. The highest BCUT2D eigenvalue weighted by atomic mass is 16.1. The lowest BCUT2D eigenvalue weighted by Gasteiger charge is -2.36. The fourth-order valence-corrected chi connectivity index (χ4v) is 3.21. The van der Waals surface area contributed by atoms with Crippen LogP contribution in [0.5, 0.6) is 0 Å². The van der Waals surface area contributed by atoms with Crippen LogP contribution in [-0.2, 0) is 7.05 Å². The highest BCUT2D eigenvalue weighted by Crippen LogP contribution is 2.25. The number of pyridine rings is 1. The average Bonchev–Trinajstić information content (AvgIpc) is 2.56. The van der Waals surface area contributed by atoms with Crippen LogP contribution in [0.3, 0.4) is 0 Å². The molecular formula is C18H18N4O. The fourth-order valence-electron chi connectivity index (χ4n) is 3.21. The van der Waals surface area contributed by atoms with Gasteiger partial charge in [-0.3, -0.25) is 14.3 Å². The minimum absolute atomic E-state index is 0.0205. The summed E-state index contributed by atoms with van der Waals surface area (Å²) in [6.45, 7) is 1.90. The lowest BCUT2D eigenvalue weighted by atomic mass is 9.99. The van der Waals surface area contributed by atoms with Crippen molar-refractivity contribution in [1.29, 1.82) is 0 Å². The molecule has 0 amide bonds. The van der Waals surface area contributed by atoms with Crippen molar-refractivity contribution in [3.63, 3.8) is 0 Å². The molecule has 0 spiro atoms. The van der Waals surface area contributed by atoms with Crippen molar-refractivity contribution < 1.29 is 0 Å². The van der Waals surface area contributed by atoms with Gasteiger partial charge in [0, 0.05) is 37.8 Å². The molecule has 0 N–H and O–H groups in total. The molecule has 1 fully saturated rings. The molecule has 1 aliphatic rings. The van der Waals surface area contributed by atoms with Crippen LogP contribution >= 0.6 is 0 Å². The van der Waals surface area contributed by atoms with Crippen LogP contribution in [0.25, 0.3) is 22.2 Å². The van der Waals surface area contributed by atoms with E-state index in [1.165, 1.54) is 0 Å². The van der Waals surface area contributed by atoms with Crippen molar-refractivity contribution >= 4 is 10.9 Å². The van der Waals surface area contributed by atoms with E-state index in [1.54, 1.807) is 10.8 Å². The first-order valence-corrected chi connectivity index (χ1v) is 7.74. The summed E-state index contributed by atoms with van der Waals surface area (Å²) in [5.74, 6) is 1.21. The lowest BCUT2D eigenvalue weighted by Crippen LogP contribution is -2.44. The number of aromatic nitrogens is 3. The first-order chi connectivity index (χ1) is 11.1. The predicted molar refractivity (Wildman–Crippen MR) is 90.5 cm³/mol. The van der Waals surface area contributed by atoms with E-state index >= 15 is 0 Å². The minimum atomic E-state index is 0.0205. The molecule has 5 heteroatoms. The summed E-state index contributed by atoms with van der Waals surface area (Å²) in [4.78, 5) is 24.0. The molecule has 0 bridgehead atoms. The van der Waals surface area contributed by atoms with E-state index in [1.807, 2.05) is 43.4 Å². The quantitative estimate of drug-likeness (QED) is 0.727. The number of benzene rings is 1.